The minimum Gasteiger partial charge on any atom is -0.491 e. The van der Waals surface area contributed by atoms with Gasteiger partial charge >= 0.3 is 0 Å². The molecule has 7 heteroatoms. The molecule has 0 heterocycles. The first-order valence-corrected chi connectivity index (χ1v) is 10.4. The first-order valence-electron chi connectivity index (χ1n) is 10.4. The van der Waals surface area contributed by atoms with Gasteiger partial charge in [-0.15, -0.1) is 5.73 Å². The minimum atomic E-state index is -0.967. The number of ether oxygens (including phenoxy) is 2. The summed E-state index contributed by atoms with van der Waals surface area (Å²) in [7, 11) is 1.57. The molecule has 1 N–H and O–H groups in total. The van der Waals surface area contributed by atoms with Crippen molar-refractivity contribution in [2.75, 3.05) is 25.6 Å². The Hall–Kier alpha value is -3.41. The number of rotatable bonds is 10. The summed E-state index contributed by atoms with van der Waals surface area (Å²) < 4.78 is 24.2. The second kappa shape index (κ2) is 10.8. The van der Waals surface area contributed by atoms with E-state index < -0.39 is 17.8 Å². The van der Waals surface area contributed by atoms with Crippen LogP contribution in [0.5, 0.6) is 5.75 Å². The molecule has 3 rings (SSSR count). The lowest BCUT2D eigenvalue weighted by Gasteiger charge is -2.32. The van der Waals surface area contributed by atoms with E-state index in [1.807, 2.05) is 6.92 Å². The molecule has 1 aliphatic carbocycles. The van der Waals surface area contributed by atoms with Gasteiger partial charge in [0.2, 0.25) is 0 Å². The molecule has 1 saturated carbocycles. The zero-order valence-electron chi connectivity index (χ0n) is 18.2. The van der Waals surface area contributed by atoms with Crippen molar-refractivity contribution in [2.24, 2.45) is 5.92 Å². The number of hydrogen-bond donors (Lipinski definition) is 1. The number of halogens is 1. The third-order valence-corrected chi connectivity index (χ3v) is 5.30. The molecule has 32 heavy (non-hydrogen) atoms. The normalized spacial score (nSPS) is 17.6. The summed E-state index contributed by atoms with van der Waals surface area (Å²) in [6, 6.07) is 11.5. The topological polar surface area (TPSA) is 67.9 Å². The number of para-hydroxylation sites is 1. The van der Waals surface area contributed by atoms with Crippen LogP contribution in [0, 0.1) is 11.7 Å². The lowest BCUT2D eigenvalue weighted by Crippen LogP contribution is -2.42. The van der Waals surface area contributed by atoms with E-state index >= 15 is 0 Å². The Morgan fingerprint density at radius 2 is 1.94 bits per heavy atom. The number of carbonyl (C=O) groups excluding carboxylic acids is 2. The molecule has 0 radical (unpaired) electrons. The van der Waals surface area contributed by atoms with Crippen LogP contribution in [0.1, 0.15) is 24.9 Å². The van der Waals surface area contributed by atoms with Gasteiger partial charge in [-0.3, -0.25) is 9.59 Å². The van der Waals surface area contributed by atoms with Gasteiger partial charge in [-0.25, -0.2) is 4.39 Å². The van der Waals surface area contributed by atoms with Crippen molar-refractivity contribution in [2.45, 2.75) is 25.4 Å². The molecule has 3 unspecified atom stereocenters. The molecule has 2 aromatic carbocycles. The third-order valence-electron chi connectivity index (χ3n) is 5.30. The maximum atomic E-state index is 13.5. The molecule has 0 aliphatic heterocycles. The molecule has 1 fully saturated rings. The summed E-state index contributed by atoms with van der Waals surface area (Å²) in [6.07, 6.45) is 2.02. The molecular weight excluding hydrogens is 411 g/mol. The number of carbonyl (C=O) groups is 2. The molecule has 2 aromatic rings. The number of amides is 2. The third kappa shape index (κ3) is 5.63. The van der Waals surface area contributed by atoms with Crippen molar-refractivity contribution in [1.82, 2.24) is 4.90 Å². The van der Waals surface area contributed by atoms with Gasteiger partial charge in [0.25, 0.3) is 11.8 Å². The molecular formula is C25H27FN2O4. The Morgan fingerprint density at radius 3 is 2.56 bits per heavy atom. The molecule has 2 amide bonds. The number of nitrogens with one attached hydrogen (secondary N) is 1. The maximum Gasteiger partial charge on any atom is 0.255 e. The van der Waals surface area contributed by atoms with Gasteiger partial charge in [-0.05, 0) is 42.7 Å². The van der Waals surface area contributed by atoms with E-state index in [2.05, 4.69) is 17.6 Å². The van der Waals surface area contributed by atoms with E-state index in [-0.39, 0.29) is 17.9 Å². The highest BCUT2D eigenvalue weighted by molar-refractivity contribution is 6.00. The van der Waals surface area contributed by atoms with Crippen LogP contribution in [-0.2, 0) is 14.3 Å². The average molecular weight is 438 g/mol. The van der Waals surface area contributed by atoms with Crippen molar-refractivity contribution < 1.29 is 23.5 Å². The molecule has 168 valence electrons. The highest BCUT2D eigenvalue weighted by Crippen LogP contribution is 2.42. The SMILES string of the molecule is C=C=CC(=O)N(C(C(=O)Nc1ccc(F)cc1)c1ccccc1OCCOC)C1CC1C. The van der Waals surface area contributed by atoms with Crippen LogP contribution in [0.4, 0.5) is 10.1 Å². The second-order valence-electron chi connectivity index (χ2n) is 7.65. The number of hydrogen-bond acceptors (Lipinski definition) is 4. The zero-order valence-corrected chi connectivity index (χ0v) is 18.2. The van der Waals surface area contributed by atoms with E-state index in [0.29, 0.717) is 30.2 Å². The Morgan fingerprint density at radius 1 is 1.25 bits per heavy atom. The smallest absolute Gasteiger partial charge is 0.255 e. The molecule has 0 spiro atoms. The molecule has 0 saturated heterocycles. The van der Waals surface area contributed by atoms with Gasteiger partial charge in [-0.2, -0.15) is 0 Å². The summed E-state index contributed by atoms with van der Waals surface area (Å²) in [4.78, 5) is 28.1. The van der Waals surface area contributed by atoms with E-state index in [9.17, 15) is 14.0 Å². The summed E-state index contributed by atoms with van der Waals surface area (Å²) in [5.41, 5.74) is 3.49. The summed E-state index contributed by atoms with van der Waals surface area (Å²) >= 11 is 0. The van der Waals surface area contributed by atoms with Crippen molar-refractivity contribution >= 4 is 17.5 Å². The highest BCUT2D eigenvalue weighted by atomic mass is 19.1. The van der Waals surface area contributed by atoms with Crippen molar-refractivity contribution in [3.8, 4) is 5.75 Å². The number of benzene rings is 2. The summed E-state index contributed by atoms with van der Waals surface area (Å²) in [6.45, 7) is 6.19. The molecule has 1 aliphatic rings. The van der Waals surface area contributed by atoms with Gasteiger partial charge in [-0.1, -0.05) is 31.7 Å². The van der Waals surface area contributed by atoms with Crippen molar-refractivity contribution in [3.63, 3.8) is 0 Å². The van der Waals surface area contributed by atoms with Gasteiger partial charge in [0.1, 0.15) is 24.2 Å². The van der Waals surface area contributed by atoms with E-state index in [1.165, 1.54) is 30.3 Å². The summed E-state index contributed by atoms with van der Waals surface area (Å²) in [5.74, 6) is -0.460. The van der Waals surface area contributed by atoms with E-state index in [0.717, 1.165) is 6.42 Å². The van der Waals surface area contributed by atoms with Crippen LogP contribution >= 0.6 is 0 Å². The van der Waals surface area contributed by atoms with Crippen LogP contribution in [0.3, 0.4) is 0 Å². The van der Waals surface area contributed by atoms with E-state index in [1.54, 1.807) is 36.3 Å². The molecule has 6 nitrogen and oxygen atoms in total. The van der Waals surface area contributed by atoms with Gasteiger partial charge in [0, 0.05) is 30.5 Å². The lowest BCUT2D eigenvalue weighted by atomic mass is 10.0. The van der Waals surface area contributed by atoms with Crippen LogP contribution in [0.15, 0.2) is 66.9 Å². The Bertz CT molecular complexity index is 1000. The fraction of sp³-hybridized carbons (Fsp3) is 0.320. The minimum absolute atomic E-state index is 0.108. The molecule has 0 bridgehead atoms. The Balaban J connectivity index is 2.02. The monoisotopic (exact) mass is 438 g/mol. The lowest BCUT2D eigenvalue weighted by molar-refractivity contribution is -0.136. The predicted octanol–water partition coefficient (Wildman–Crippen LogP) is 4.11. The van der Waals surface area contributed by atoms with Gasteiger partial charge in [0.15, 0.2) is 0 Å². The first kappa shape index (κ1) is 23.3. The Kier molecular flexibility index (Phi) is 7.82. The van der Waals surface area contributed by atoms with Gasteiger partial charge < -0.3 is 19.7 Å². The van der Waals surface area contributed by atoms with Crippen LogP contribution in [0.25, 0.3) is 0 Å². The average Bonchev–Trinajstić information content (AvgIpc) is 3.50. The van der Waals surface area contributed by atoms with Gasteiger partial charge in [0.05, 0.1) is 6.61 Å². The van der Waals surface area contributed by atoms with Crippen LogP contribution in [0.2, 0.25) is 0 Å². The first-order chi connectivity index (χ1) is 15.5. The second-order valence-corrected chi connectivity index (χ2v) is 7.65. The zero-order chi connectivity index (χ0) is 23.1. The fourth-order valence-corrected chi connectivity index (χ4v) is 3.57. The molecule has 3 atom stereocenters. The number of methoxy groups -OCH3 is 1. The largest absolute Gasteiger partial charge is 0.491 e. The van der Waals surface area contributed by atoms with Crippen LogP contribution < -0.4 is 10.1 Å². The maximum absolute atomic E-state index is 13.5. The summed E-state index contributed by atoms with van der Waals surface area (Å²) in [5, 5.41) is 2.81. The van der Waals surface area contributed by atoms with Crippen LogP contribution in [-0.4, -0.2) is 43.1 Å². The highest BCUT2D eigenvalue weighted by Gasteiger charge is 2.46. The quantitative estimate of drug-likeness (QED) is 0.344. The Labute approximate surface area is 187 Å². The van der Waals surface area contributed by atoms with E-state index in [4.69, 9.17) is 9.47 Å². The molecule has 0 aromatic heterocycles. The predicted molar refractivity (Wildman–Crippen MR) is 120 cm³/mol. The van der Waals surface area contributed by atoms with Crippen molar-refractivity contribution in [3.05, 3.63) is 78.3 Å². The fourth-order valence-electron chi connectivity index (χ4n) is 3.57. The number of anilines is 1. The number of nitrogens with zero attached hydrogens (tertiary/aromatic N) is 1. The van der Waals surface area contributed by atoms with Crippen molar-refractivity contribution in [1.29, 1.82) is 0 Å². The standard InChI is InChI=1S/C25H27FN2O4/c1-4-7-23(29)28(21-16-17(21)2)24(25(30)27-19-12-10-18(26)11-13-19)20-8-5-6-9-22(20)32-15-14-31-3/h5-13,17,21,24H,1,14-16H2,2-3H3,(H,27,30).